The van der Waals surface area contributed by atoms with Crippen molar-refractivity contribution in [2.75, 3.05) is 5.32 Å². The largest absolute Gasteiger partial charge is 0.508 e. The molecule has 0 amide bonds. The first-order valence-electron chi connectivity index (χ1n) is 5.23. The molecule has 0 fully saturated rings. The Balaban J connectivity index is 2.19. The molecule has 0 aliphatic heterocycles. The normalized spacial score (nSPS) is 10.4. The van der Waals surface area contributed by atoms with Gasteiger partial charge in [0, 0.05) is 16.6 Å². The molecule has 2 aromatic rings. The first-order chi connectivity index (χ1) is 8.58. The SMILES string of the molecule is Oc1ccccc1CNc1c(F)cc(Br)cc1F. The Morgan fingerprint density at radius 1 is 1.11 bits per heavy atom. The van der Waals surface area contributed by atoms with E-state index in [1.165, 1.54) is 18.2 Å². The van der Waals surface area contributed by atoms with Crippen LogP contribution < -0.4 is 5.32 Å². The molecule has 0 aliphatic carbocycles. The Morgan fingerprint density at radius 3 is 2.33 bits per heavy atom. The van der Waals surface area contributed by atoms with Gasteiger partial charge in [-0.25, -0.2) is 8.78 Å². The van der Waals surface area contributed by atoms with Gasteiger partial charge in [0.05, 0.1) is 0 Å². The maximum absolute atomic E-state index is 13.5. The van der Waals surface area contributed by atoms with Gasteiger partial charge in [-0.1, -0.05) is 34.1 Å². The topological polar surface area (TPSA) is 32.3 Å². The van der Waals surface area contributed by atoms with Crippen LogP contribution in [0.4, 0.5) is 14.5 Å². The summed E-state index contributed by atoms with van der Waals surface area (Å²) in [6.07, 6.45) is 0. The van der Waals surface area contributed by atoms with Crippen LogP contribution in [0, 0.1) is 11.6 Å². The van der Waals surface area contributed by atoms with Crippen molar-refractivity contribution in [3.8, 4) is 5.75 Å². The molecule has 0 heterocycles. The first kappa shape index (κ1) is 12.8. The van der Waals surface area contributed by atoms with E-state index in [4.69, 9.17) is 0 Å². The van der Waals surface area contributed by atoms with E-state index < -0.39 is 11.6 Å². The number of hydrogen-bond donors (Lipinski definition) is 2. The summed E-state index contributed by atoms with van der Waals surface area (Å²) in [5, 5.41) is 12.2. The summed E-state index contributed by atoms with van der Waals surface area (Å²) in [7, 11) is 0. The van der Waals surface area contributed by atoms with Gasteiger partial charge in [-0.05, 0) is 18.2 Å². The number of benzene rings is 2. The van der Waals surface area contributed by atoms with Crippen LogP contribution in [0.5, 0.6) is 5.75 Å². The quantitative estimate of drug-likeness (QED) is 0.896. The van der Waals surface area contributed by atoms with Crippen LogP contribution in [0.2, 0.25) is 0 Å². The summed E-state index contributed by atoms with van der Waals surface area (Å²) in [4.78, 5) is 0. The number of para-hydroxylation sites is 1. The maximum atomic E-state index is 13.5. The van der Waals surface area contributed by atoms with Crippen LogP contribution >= 0.6 is 15.9 Å². The fourth-order valence-corrected chi connectivity index (χ4v) is 1.96. The van der Waals surface area contributed by atoms with E-state index in [2.05, 4.69) is 21.2 Å². The number of phenols is 1. The lowest BCUT2D eigenvalue weighted by atomic mass is 10.2. The summed E-state index contributed by atoms with van der Waals surface area (Å²) in [5.74, 6) is -1.28. The lowest BCUT2D eigenvalue weighted by Gasteiger charge is -2.10. The van der Waals surface area contributed by atoms with E-state index in [1.54, 1.807) is 18.2 Å². The highest BCUT2D eigenvalue weighted by atomic mass is 79.9. The summed E-state index contributed by atoms with van der Waals surface area (Å²) in [6, 6.07) is 8.97. The van der Waals surface area contributed by atoms with Crippen LogP contribution in [0.15, 0.2) is 40.9 Å². The van der Waals surface area contributed by atoms with Crippen LogP contribution in [0.3, 0.4) is 0 Å². The van der Waals surface area contributed by atoms with Crippen molar-refractivity contribution >= 4 is 21.6 Å². The van der Waals surface area contributed by atoms with Crippen molar-refractivity contribution in [2.24, 2.45) is 0 Å². The van der Waals surface area contributed by atoms with Crippen molar-refractivity contribution < 1.29 is 13.9 Å². The molecule has 0 aromatic heterocycles. The van der Waals surface area contributed by atoms with Crippen molar-refractivity contribution in [3.63, 3.8) is 0 Å². The van der Waals surface area contributed by atoms with Gasteiger partial charge in [0.15, 0.2) is 0 Å². The zero-order chi connectivity index (χ0) is 13.1. The molecule has 0 aliphatic rings. The minimum absolute atomic E-state index is 0.0860. The number of halogens is 3. The maximum Gasteiger partial charge on any atom is 0.150 e. The Kier molecular flexibility index (Phi) is 3.81. The lowest BCUT2D eigenvalue weighted by Crippen LogP contribution is -2.04. The molecule has 0 atom stereocenters. The monoisotopic (exact) mass is 313 g/mol. The second kappa shape index (κ2) is 5.35. The summed E-state index contributed by atoms with van der Waals surface area (Å²) < 4.78 is 27.4. The Bertz CT molecular complexity index is 552. The smallest absolute Gasteiger partial charge is 0.150 e. The Morgan fingerprint density at radius 2 is 1.72 bits per heavy atom. The molecular weight excluding hydrogens is 304 g/mol. The highest BCUT2D eigenvalue weighted by molar-refractivity contribution is 9.10. The van der Waals surface area contributed by atoms with Crippen molar-refractivity contribution in [1.82, 2.24) is 0 Å². The number of aromatic hydroxyl groups is 1. The third-order valence-corrected chi connectivity index (χ3v) is 2.91. The molecule has 94 valence electrons. The molecule has 0 saturated carbocycles. The standard InChI is InChI=1S/C13H10BrF2NO/c14-9-5-10(15)13(11(16)6-9)17-7-8-3-1-2-4-12(8)18/h1-6,17-18H,7H2. The predicted molar refractivity (Wildman–Crippen MR) is 69.5 cm³/mol. The average Bonchev–Trinajstić information content (AvgIpc) is 2.30. The molecule has 0 radical (unpaired) electrons. The molecule has 0 saturated heterocycles. The molecule has 0 spiro atoms. The zero-order valence-corrected chi connectivity index (χ0v) is 10.8. The van der Waals surface area contributed by atoms with E-state index in [0.29, 0.717) is 10.0 Å². The van der Waals surface area contributed by atoms with E-state index in [0.717, 1.165) is 0 Å². The molecule has 18 heavy (non-hydrogen) atoms. The molecular formula is C13H10BrF2NO. The second-order valence-electron chi connectivity index (χ2n) is 3.73. The van der Waals surface area contributed by atoms with Crippen LogP contribution in [0.1, 0.15) is 5.56 Å². The van der Waals surface area contributed by atoms with Gasteiger partial charge in [0.25, 0.3) is 0 Å². The number of nitrogens with one attached hydrogen (secondary N) is 1. The summed E-state index contributed by atoms with van der Waals surface area (Å²) in [5.41, 5.74) is 0.362. The molecule has 0 unspecified atom stereocenters. The molecule has 2 rings (SSSR count). The second-order valence-corrected chi connectivity index (χ2v) is 4.64. The van der Waals surface area contributed by atoms with Gasteiger partial charge in [0.1, 0.15) is 23.1 Å². The van der Waals surface area contributed by atoms with Crippen LogP contribution in [-0.4, -0.2) is 5.11 Å². The van der Waals surface area contributed by atoms with Gasteiger partial charge in [0.2, 0.25) is 0 Å². The number of hydrogen-bond acceptors (Lipinski definition) is 2. The van der Waals surface area contributed by atoms with Gasteiger partial charge in [-0.2, -0.15) is 0 Å². The lowest BCUT2D eigenvalue weighted by molar-refractivity contribution is 0.469. The highest BCUT2D eigenvalue weighted by Gasteiger charge is 2.10. The van der Waals surface area contributed by atoms with Gasteiger partial charge in [-0.3, -0.25) is 0 Å². The van der Waals surface area contributed by atoms with Gasteiger partial charge < -0.3 is 10.4 Å². The minimum atomic E-state index is -0.683. The summed E-state index contributed by atoms with van der Waals surface area (Å²) >= 11 is 3.01. The predicted octanol–water partition coefficient (Wildman–Crippen LogP) is 4.05. The van der Waals surface area contributed by atoms with Crippen molar-refractivity contribution in [1.29, 1.82) is 0 Å². The third-order valence-electron chi connectivity index (χ3n) is 2.45. The van der Waals surface area contributed by atoms with E-state index in [-0.39, 0.29) is 18.0 Å². The van der Waals surface area contributed by atoms with Crippen LogP contribution in [-0.2, 0) is 6.54 Å². The molecule has 2 N–H and O–H groups in total. The number of phenolic OH excluding ortho intramolecular Hbond substituents is 1. The fraction of sp³-hybridized carbons (Fsp3) is 0.0769. The number of anilines is 1. The van der Waals surface area contributed by atoms with Crippen molar-refractivity contribution in [2.45, 2.75) is 6.54 Å². The molecule has 5 heteroatoms. The van der Waals surface area contributed by atoms with Gasteiger partial charge >= 0.3 is 0 Å². The van der Waals surface area contributed by atoms with E-state index in [1.807, 2.05) is 0 Å². The molecule has 2 nitrogen and oxygen atoms in total. The molecule has 2 aromatic carbocycles. The third kappa shape index (κ3) is 2.79. The zero-order valence-electron chi connectivity index (χ0n) is 9.25. The highest BCUT2D eigenvalue weighted by Crippen LogP contribution is 2.25. The Labute approximate surface area is 111 Å². The number of rotatable bonds is 3. The summed E-state index contributed by atoms with van der Waals surface area (Å²) in [6.45, 7) is 0.141. The first-order valence-corrected chi connectivity index (χ1v) is 6.02. The van der Waals surface area contributed by atoms with Crippen LogP contribution in [0.25, 0.3) is 0 Å². The minimum Gasteiger partial charge on any atom is -0.508 e. The molecule has 0 bridgehead atoms. The average molecular weight is 314 g/mol. The van der Waals surface area contributed by atoms with Gasteiger partial charge in [-0.15, -0.1) is 0 Å². The fourth-order valence-electron chi connectivity index (χ4n) is 1.56. The van der Waals surface area contributed by atoms with E-state index in [9.17, 15) is 13.9 Å². The van der Waals surface area contributed by atoms with E-state index >= 15 is 0 Å². The Hall–Kier alpha value is -1.62. The van der Waals surface area contributed by atoms with Crippen molar-refractivity contribution in [3.05, 3.63) is 58.1 Å².